The van der Waals surface area contributed by atoms with E-state index in [0.717, 1.165) is 12.1 Å². The molecule has 212 valence electrons. The van der Waals surface area contributed by atoms with Crippen molar-refractivity contribution in [3.8, 4) is 17.2 Å². The number of rotatable bonds is 9. The first-order valence-corrected chi connectivity index (χ1v) is 12.9. The lowest BCUT2D eigenvalue weighted by atomic mass is 9.93. The van der Waals surface area contributed by atoms with Gasteiger partial charge in [0.15, 0.2) is 0 Å². The molecule has 0 aromatic heterocycles. The fourth-order valence-electron chi connectivity index (χ4n) is 4.22. The summed E-state index contributed by atoms with van der Waals surface area (Å²) in [5.74, 6) is -0.0276. The predicted molar refractivity (Wildman–Crippen MR) is 141 cm³/mol. The predicted octanol–water partition coefficient (Wildman–Crippen LogP) is 6.53. The van der Waals surface area contributed by atoms with Gasteiger partial charge in [-0.15, -0.1) is 0 Å². The van der Waals surface area contributed by atoms with Crippen molar-refractivity contribution in [2.24, 2.45) is 0 Å². The molecule has 4 rings (SSSR count). The minimum Gasteiger partial charge on any atom is -0.493 e. The fourth-order valence-corrected chi connectivity index (χ4v) is 4.43. The van der Waals surface area contributed by atoms with E-state index in [2.05, 4.69) is 5.32 Å². The van der Waals surface area contributed by atoms with Crippen LogP contribution in [-0.2, 0) is 26.9 Å². The number of hydrogen-bond acceptors (Lipinski definition) is 6. The Morgan fingerprint density at radius 3 is 2.42 bits per heavy atom. The summed E-state index contributed by atoms with van der Waals surface area (Å²) in [6, 6.07) is 14.2. The molecule has 1 N–H and O–H groups in total. The van der Waals surface area contributed by atoms with Crippen LogP contribution < -0.4 is 14.8 Å². The Morgan fingerprint density at radius 1 is 1.10 bits per heavy atom. The van der Waals surface area contributed by atoms with Crippen LogP contribution in [0.3, 0.4) is 0 Å². The van der Waals surface area contributed by atoms with Crippen LogP contribution in [0.25, 0.3) is 0 Å². The number of nitrogens with one attached hydrogen (secondary N) is 1. The van der Waals surface area contributed by atoms with Gasteiger partial charge in [-0.3, -0.25) is 9.59 Å². The summed E-state index contributed by atoms with van der Waals surface area (Å²) in [6.45, 7) is 2.37. The van der Waals surface area contributed by atoms with Gasteiger partial charge in [-0.2, -0.15) is 13.2 Å². The number of carbonyl (C=O) groups excluding carboxylic acids is 2. The van der Waals surface area contributed by atoms with Gasteiger partial charge in [0.1, 0.15) is 23.5 Å². The second-order valence-corrected chi connectivity index (χ2v) is 9.39. The number of fused-ring (bicyclic) bond motifs is 1. The largest absolute Gasteiger partial charge is 0.493 e. The number of hydrogen-bond donors (Lipinski definition) is 1. The maximum Gasteiger partial charge on any atom is 0.416 e. The molecule has 1 heterocycles. The number of ether oxygens (including phenoxy) is 4. The number of benzene rings is 3. The van der Waals surface area contributed by atoms with E-state index in [9.17, 15) is 22.8 Å². The van der Waals surface area contributed by atoms with Crippen molar-refractivity contribution in [3.05, 3.63) is 87.9 Å². The second kappa shape index (κ2) is 12.6. The third-order valence-corrected chi connectivity index (χ3v) is 6.59. The third-order valence-electron chi connectivity index (χ3n) is 6.30. The van der Waals surface area contributed by atoms with E-state index in [1.807, 2.05) is 0 Å². The summed E-state index contributed by atoms with van der Waals surface area (Å²) < 4.78 is 60.5. The Kier molecular flexibility index (Phi) is 9.21. The average molecular weight is 578 g/mol. The van der Waals surface area contributed by atoms with Crippen molar-refractivity contribution in [3.63, 3.8) is 0 Å². The molecule has 3 aromatic rings. The lowest BCUT2D eigenvalue weighted by Gasteiger charge is -2.25. The zero-order valence-electron chi connectivity index (χ0n) is 21.7. The first-order valence-electron chi connectivity index (χ1n) is 12.5. The van der Waals surface area contributed by atoms with E-state index in [1.165, 1.54) is 19.2 Å². The molecule has 0 bridgehead atoms. The molecule has 0 aliphatic carbocycles. The van der Waals surface area contributed by atoms with Crippen LogP contribution in [0.4, 0.5) is 13.2 Å². The molecule has 0 fully saturated rings. The van der Waals surface area contributed by atoms with Crippen LogP contribution in [0.5, 0.6) is 17.2 Å². The number of alkyl halides is 3. The van der Waals surface area contributed by atoms with Crippen molar-refractivity contribution < 1.29 is 41.7 Å². The van der Waals surface area contributed by atoms with Crippen molar-refractivity contribution >= 4 is 23.5 Å². The van der Waals surface area contributed by atoms with E-state index in [-0.39, 0.29) is 24.0 Å². The summed E-state index contributed by atoms with van der Waals surface area (Å²) in [6.07, 6.45) is -4.51. The van der Waals surface area contributed by atoms with Crippen LogP contribution in [0.15, 0.2) is 60.7 Å². The molecular weight excluding hydrogens is 551 g/mol. The van der Waals surface area contributed by atoms with E-state index in [1.54, 1.807) is 43.3 Å². The number of halogens is 4. The van der Waals surface area contributed by atoms with Gasteiger partial charge in [0.05, 0.1) is 29.7 Å². The molecule has 0 radical (unpaired) electrons. The summed E-state index contributed by atoms with van der Waals surface area (Å²) in [7, 11) is 1.40. The molecule has 1 amide bonds. The van der Waals surface area contributed by atoms with Crippen LogP contribution in [0.2, 0.25) is 5.02 Å². The zero-order chi connectivity index (χ0) is 28.9. The number of amides is 1. The molecule has 2 atom stereocenters. The van der Waals surface area contributed by atoms with Crippen LogP contribution >= 0.6 is 11.6 Å². The highest BCUT2D eigenvalue weighted by Crippen LogP contribution is 2.42. The SMILES string of the molecule is CCOC(=O)C1CCOc2cc(Oc3ccc(C(=O)NC(Cc4ccc(C(F)(F)F)cc4)OC)cc3)c(Cl)cc21. The molecule has 0 spiro atoms. The van der Waals surface area contributed by atoms with Gasteiger partial charge in [-0.1, -0.05) is 23.7 Å². The Hall–Kier alpha value is -3.76. The van der Waals surface area contributed by atoms with E-state index >= 15 is 0 Å². The van der Waals surface area contributed by atoms with Crippen LogP contribution in [0, 0.1) is 0 Å². The molecule has 1 aliphatic heterocycles. The topological polar surface area (TPSA) is 83.1 Å². The van der Waals surface area contributed by atoms with E-state index < -0.39 is 29.8 Å². The summed E-state index contributed by atoms with van der Waals surface area (Å²) >= 11 is 6.44. The lowest BCUT2D eigenvalue weighted by molar-refractivity contribution is -0.145. The van der Waals surface area contributed by atoms with E-state index in [4.69, 9.17) is 30.5 Å². The maximum atomic E-state index is 12.8. The second-order valence-electron chi connectivity index (χ2n) is 8.99. The molecule has 0 saturated carbocycles. The van der Waals surface area contributed by atoms with Crippen molar-refractivity contribution in [1.82, 2.24) is 5.32 Å². The monoisotopic (exact) mass is 577 g/mol. The molecule has 3 aromatic carbocycles. The highest BCUT2D eigenvalue weighted by molar-refractivity contribution is 6.32. The summed E-state index contributed by atoms with van der Waals surface area (Å²) in [4.78, 5) is 25.1. The summed E-state index contributed by atoms with van der Waals surface area (Å²) in [5.41, 5.74) is 0.780. The highest BCUT2D eigenvalue weighted by atomic mass is 35.5. The number of carbonyl (C=O) groups is 2. The van der Waals surface area contributed by atoms with Crippen LogP contribution in [-0.4, -0.2) is 38.4 Å². The Morgan fingerprint density at radius 2 is 1.80 bits per heavy atom. The highest BCUT2D eigenvalue weighted by Gasteiger charge is 2.31. The van der Waals surface area contributed by atoms with Crippen molar-refractivity contribution in [1.29, 1.82) is 0 Å². The Labute approximate surface area is 234 Å². The van der Waals surface area contributed by atoms with Gasteiger partial charge >= 0.3 is 12.1 Å². The van der Waals surface area contributed by atoms with Gasteiger partial charge in [0, 0.05) is 30.7 Å². The molecular formula is C29H27ClF3NO6. The third kappa shape index (κ3) is 7.05. The van der Waals surface area contributed by atoms with Crippen molar-refractivity contribution in [2.75, 3.05) is 20.3 Å². The van der Waals surface area contributed by atoms with Gasteiger partial charge in [0.25, 0.3) is 5.91 Å². The Bertz CT molecular complexity index is 1350. The van der Waals surface area contributed by atoms with Gasteiger partial charge in [0.2, 0.25) is 0 Å². The van der Waals surface area contributed by atoms with Crippen molar-refractivity contribution in [2.45, 2.75) is 38.1 Å². The van der Waals surface area contributed by atoms with E-state index in [0.29, 0.717) is 47.0 Å². The molecule has 7 nitrogen and oxygen atoms in total. The zero-order valence-corrected chi connectivity index (χ0v) is 22.5. The standard InChI is InChI=1S/C29H27ClF3NO6/c1-3-38-28(36)21-12-13-39-24-16-25(23(30)15-22(21)24)40-20-10-6-18(7-11-20)27(35)34-26(37-2)14-17-4-8-19(9-5-17)29(31,32)33/h4-11,15-16,21,26H,3,12-14H2,1-2H3,(H,34,35). The average Bonchev–Trinajstić information content (AvgIpc) is 2.93. The molecule has 0 saturated heterocycles. The van der Waals surface area contributed by atoms with Gasteiger partial charge in [-0.25, -0.2) is 0 Å². The normalized spacial score (nSPS) is 15.4. The lowest BCUT2D eigenvalue weighted by Crippen LogP contribution is -2.37. The first kappa shape index (κ1) is 29.2. The minimum atomic E-state index is -4.42. The smallest absolute Gasteiger partial charge is 0.416 e. The van der Waals surface area contributed by atoms with Crippen LogP contribution in [0.1, 0.15) is 46.3 Å². The molecule has 40 heavy (non-hydrogen) atoms. The molecule has 1 aliphatic rings. The van der Waals surface area contributed by atoms with Gasteiger partial charge in [-0.05, 0) is 61.4 Å². The van der Waals surface area contributed by atoms with Gasteiger partial charge < -0.3 is 24.3 Å². The number of methoxy groups -OCH3 is 1. The first-order chi connectivity index (χ1) is 19.1. The molecule has 11 heteroatoms. The maximum absolute atomic E-state index is 12.8. The number of esters is 1. The minimum absolute atomic E-state index is 0.178. The quantitative estimate of drug-likeness (QED) is 0.230. The molecule has 2 unspecified atom stereocenters. The fraction of sp³-hybridized carbons (Fsp3) is 0.310. The summed E-state index contributed by atoms with van der Waals surface area (Å²) in [5, 5.41) is 3.00. The Balaban J connectivity index is 1.39.